The van der Waals surface area contributed by atoms with E-state index in [2.05, 4.69) is 0 Å². The first-order valence-corrected chi connectivity index (χ1v) is 4.07. The fourth-order valence-corrected chi connectivity index (χ4v) is 1.73. The van der Waals surface area contributed by atoms with Gasteiger partial charge in [-0.1, -0.05) is 19.8 Å². The largest absolute Gasteiger partial charge is 0.391 e. The molecule has 0 heterocycles. The molecule has 1 fully saturated rings. The molecule has 0 nitrogen and oxygen atoms in total. The van der Waals surface area contributed by atoms with Gasteiger partial charge in [-0.25, -0.2) is 0 Å². The van der Waals surface area contributed by atoms with Crippen LogP contribution in [0.2, 0.25) is 0 Å². The van der Waals surface area contributed by atoms with E-state index in [1.54, 1.807) is 0 Å². The van der Waals surface area contributed by atoms with Crippen molar-refractivity contribution in [3.8, 4) is 0 Å². The Bertz CT molecular complexity index is 128. The van der Waals surface area contributed by atoms with Crippen LogP contribution in [0.15, 0.2) is 0 Å². The molecule has 0 aromatic carbocycles. The summed E-state index contributed by atoms with van der Waals surface area (Å²) in [5.74, 6) is -0.762. The van der Waals surface area contributed by atoms with Crippen molar-refractivity contribution in [3.63, 3.8) is 0 Å². The maximum Gasteiger partial charge on any atom is 0.391 e. The summed E-state index contributed by atoms with van der Waals surface area (Å²) in [5.41, 5.74) is 0. The van der Waals surface area contributed by atoms with Crippen LogP contribution in [-0.4, -0.2) is 6.18 Å². The number of alkyl halides is 3. The highest BCUT2D eigenvalue weighted by molar-refractivity contribution is 4.75. The molecule has 3 heteroatoms. The van der Waals surface area contributed by atoms with Gasteiger partial charge in [0.05, 0.1) is 5.92 Å². The Morgan fingerprint density at radius 3 is 2.18 bits per heavy atom. The molecule has 11 heavy (non-hydrogen) atoms. The summed E-state index contributed by atoms with van der Waals surface area (Å²) >= 11 is 0. The van der Waals surface area contributed by atoms with Gasteiger partial charge in [0.15, 0.2) is 0 Å². The monoisotopic (exact) mass is 166 g/mol. The molecule has 66 valence electrons. The number of rotatable bonds is 0. The van der Waals surface area contributed by atoms with Crippen molar-refractivity contribution in [1.29, 1.82) is 0 Å². The molecule has 0 aliphatic heterocycles. The SMILES string of the molecule is CC1CCCC(C(F)(F)F)C1. The van der Waals surface area contributed by atoms with Gasteiger partial charge < -0.3 is 0 Å². The fourth-order valence-electron chi connectivity index (χ4n) is 1.73. The molecule has 1 aliphatic rings. The van der Waals surface area contributed by atoms with Crippen LogP contribution in [0.3, 0.4) is 0 Å². The Morgan fingerprint density at radius 2 is 1.82 bits per heavy atom. The molecule has 0 spiro atoms. The molecule has 0 amide bonds. The molecular formula is C8H13F3. The summed E-state index contributed by atoms with van der Waals surface area (Å²) in [6.07, 6.45) is -1.57. The third-order valence-electron chi connectivity index (χ3n) is 2.40. The zero-order chi connectivity index (χ0) is 8.48. The van der Waals surface area contributed by atoms with Crippen LogP contribution in [0, 0.1) is 11.8 Å². The second kappa shape index (κ2) is 3.03. The summed E-state index contributed by atoms with van der Waals surface area (Å²) in [7, 11) is 0. The lowest BCUT2D eigenvalue weighted by Crippen LogP contribution is -2.27. The molecule has 1 aliphatic carbocycles. The first-order valence-electron chi connectivity index (χ1n) is 4.07. The minimum atomic E-state index is -3.95. The van der Waals surface area contributed by atoms with Gasteiger partial charge in [-0.05, 0) is 18.8 Å². The Labute approximate surface area is 64.8 Å². The van der Waals surface area contributed by atoms with Crippen LogP contribution < -0.4 is 0 Å². The van der Waals surface area contributed by atoms with Gasteiger partial charge in [0, 0.05) is 0 Å². The Hall–Kier alpha value is -0.210. The molecule has 0 N–H and O–H groups in total. The minimum Gasteiger partial charge on any atom is -0.171 e. The van der Waals surface area contributed by atoms with E-state index in [-0.39, 0.29) is 5.92 Å². The summed E-state index contributed by atoms with van der Waals surface area (Å²) in [4.78, 5) is 0. The van der Waals surface area contributed by atoms with Gasteiger partial charge in [-0.15, -0.1) is 0 Å². The maximum atomic E-state index is 12.1. The highest BCUT2D eigenvalue weighted by Gasteiger charge is 2.41. The van der Waals surface area contributed by atoms with E-state index < -0.39 is 12.1 Å². The molecule has 2 atom stereocenters. The van der Waals surface area contributed by atoms with Crippen LogP contribution >= 0.6 is 0 Å². The van der Waals surface area contributed by atoms with Gasteiger partial charge >= 0.3 is 6.18 Å². The second-order valence-electron chi connectivity index (χ2n) is 3.51. The molecular weight excluding hydrogens is 153 g/mol. The summed E-state index contributed by atoms with van der Waals surface area (Å²) in [6, 6.07) is 0. The number of halogens is 3. The molecule has 0 bridgehead atoms. The van der Waals surface area contributed by atoms with Gasteiger partial charge in [-0.2, -0.15) is 13.2 Å². The van der Waals surface area contributed by atoms with Crippen LogP contribution in [0.5, 0.6) is 0 Å². The molecule has 0 saturated heterocycles. The Balaban J connectivity index is 2.46. The fraction of sp³-hybridized carbons (Fsp3) is 1.00. The maximum absolute atomic E-state index is 12.1. The third-order valence-corrected chi connectivity index (χ3v) is 2.40. The van der Waals surface area contributed by atoms with E-state index in [9.17, 15) is 13.2 Å². The summed E-state index contributed by atoms with van der Waals surface area (Å²) in [6.45, 7) is 1.90. The zero-order valence-electron chi connectivity index (χ0n) is 6.62. The lowest BCUT2D eigenvalue weighted by Gasteiger charge is -2.28. The first-order chi connectivity index (χ1) is 5.00. The van der Waals surface area contributed by atoms with E-state index in [1.165, 1.54) is 0 Å². The number of hydrogen-bond donors (Lipinski definition) is 0. The van der Waals surface area contributed by atoms with Gasteiger partial charge in [0.1, 0.15) is 0 Å². The van der Waals surface area contributed by atoms with E-state index in [1.807, 2.05) is 6.92 Å². The van der Waals surface area contributed by atoms with E-state index in [0.717, 1.165) is 12.8 Å². The molecule has 1 saturated carbocycles. The summed E-state index contributed by atoms with van der Waals surface area (Å²) < 4.78 is 36.3. The topological polar surface area (TPSA) is 0 Å². The smallest absolute Gasteiger partial charge is 0.171 e. The van der Waals surface area contributed by atoms with Crippen molar-refractivity contribution in [2.75, 3.05) is 0 Å². The van der Waals surface area contributed by atoms with E-state index in [0.29, 0.717) is 12.8 Å². The van der Waals surface area contributed by atoms with Crippen LogP contribution in [-0.2, 0) is 0 Å². The van der Waals surface area contributed by atoms with Crippen molar-refractivity contribution in [3.05, 3.63) is 0 Å². The van der Waals surface area contributed by atoms with Crippen molar-refractivity contribution >= 4 is 0 Å². The van der Waals surface area contributed by atoms with Crippen molar-refractivity contribution in [2.24, 2.45) is 11.8 Å². The Morgan fingerprint density at radius 1 is 1.18 bits per heavy atom. The molecule has 2 unspecified atom stereocenters. The molecule has 0 radical (unpaired) electrons. The van der Waals surface area contributed by atoms with Crippen LogP contribution in [0.25, 0.3) is 0 Å². The second-order valence-corrected chi connectivity index (χ2v) is 3.51. The van der Waals surface area contributed by atoms with Crippen LogP contribution in [0.1, 0.15) is 32.6 Å². The quantitative estimate of drug-likeness (QED) is 0.517. The van der Waals surface area contributed by atoms with Crippen molar-refractivity contribution < 1.29 is 13.2 Å². The average molecular weight is 166 g/mol. The predicted molar refractivity (Wildman–Crippen MR) is 37.2 cm³/mol. The predicted octanol–water partition coefficient (Wildman–Crippen LogP) is 3.38. The summed E-state index contributed by atoms with van der Waals surface area (Å²) in [5, 5.41) is 0. The standard InChI is InChI=1S/C8H13F3/c1-6-3-2-4-7(5-6)8(9,10)11/h6-7H,2-5H2,1H3. The minimum absolute atomic E-state index is 0.260. The van der Waals surface area contributed by atoms with Crippen molar-refractivity contribution in [1.82, 2.24) is 0 Å². The van der Waals surface area contributed by atoms with Gasteiger partial charge in [0.2, 0.25) is 0 Å². The normalized spacial score (nSPS) is 33.8. The van der Waals surface area contributed by atoms with Crippen LogP contribution in [0.4, 0.5) is 13.2 Å². The molecule has 1 rings (SSSR count). The zero-order valence-corrected chi connectivity index (χ0v) is 6.62. The number of hydrogen-bond acceptors (Lipinski definition) is 0. The van der Waals surface area contributed by atoms with Crippen molar-refractivity contribution in [2.45, 2.75) is 38.8 Å². The Kier molecular flexibility index (Phi) is 2.45. The average Bonchev–Trinajstić information content (AvgIpc) is 1.86. The molecule has 0 aromatic heterocycles. The van der Waals surface area contributed by atoms with Gasteiger partial charge in [-0.3, -0.25) is 0 Å². The highest BCUT2D eigenvalue weighted by Crippen LogP contribution is 2.39. The highest BCUT2D eigenvalue weighted by atomic mass is 19.4. The first kappa shape index (κ1) is 8.88. The third kappa shape index (κ3) is 2.38. The lowest BCUT2D eigenvalue weighted by molar-refractivity contribution is -0.185. The molecule has 0 aromatic rings. The lowest BCUT2D eigenvalue weighted by atomic mass is 9.82. The van der Waals surface area contributed by atoms with E-state index in [4.69, 9.17) is 0 Å². The van der Waals surface area contributed by atoms with Gasteiger partial charge in [0.25, 0.3) is 0 Å². The van der Waals surface area contributed by atoms with E-state index >= 15 is 0 Å².